The molecule has 1 aromatic carbocycles. The quantitative estimate of drug-likeness (QED) is 0.847. The van der Waals surface area contributed by atoms with E-state index in [1.807, 2.05) is 21.6 Å². The number of amides is 1. The Morgan fingerprint density at radius 3 is 2.46 bits per heavy atom. The monoisotopic (exact) mass is 354 g/mol. The summed E-state index contributed by atoms with van der Waals surface area (Å²) in [5.74, 6) is 1.68. The normalized spacial score (nSPS) is 21.1. The van der Waals surface area contributed by atoms with E-state index < -0.39 is 0 Å². The molecular formula is C20H22N2O4. The van der Waals surface area contributed by atoms with Gasteiger partial charge in [0.15, 0.2) is 0 Å². The van der Waals surface area contributed by atoms with Crippen molar-refractivity contribution < 1.29 is 14.3 Å². The molecule has 26 heavy (non-hydrogen) atoms. The van der Waals surface area contributed by atoms with Crippen LogP contribution in [0.5, 0.6) is 11.5 Å². The second-order valence-electron chi connectivity index (χ2n) is 7.01. The molecular weight excluding hydrogens is 332 g/mol. The van der Waals surface area contributed by atoms with E-state index in [-0.39, 0.29) is 17.4 Å². The van der Waals surface area contributed by atoms with E-state index in [0.717, 1.165) is 12.1 Å². The van der Waals surface area contributed by atoms with Gasteiger partial charge in [0.2, 0.25) is 0 Å². The Bertz CT molecular complexity index is 883. The van der Waals surface area contributed by atoms with Crippen LogP contribution in [0.15, 0.2) is 41.2 Å². The molecule has 2 aromatic rings. The van der Waals surface area contributed by atoms with Gasteiger partial charge in [-0.15, -0.1) is 0 Å². The van der Waals surface area contributed by atoms with Gasteiger partial charge in [0.25, 0.3) is 11.5 Å². The molecule has 2 atom stereocenters. The topological polar surface area (TPSA) is 60.8 Å². The van der Waals surface area contributed by atoms with Crippen molar-refractivity contribution in [2.45, 2.75) is 18.9 Å². The molecule has 2 bridgehead atoms. The molecule has 2 aliphatic heterocycles. The molecule has 3 heterocycles. The zero-order valence-electron chi connectivity index (χ0n) is 15.0. The number of carbonyl (C=O) groups is 1. The molecule has 6 nitrogen and oxygen atoms in total. The maximum Gasteiger partial charge on any atom is 0.254 e. The van der Waals surface area contributed by atoms with E-state index in [9.17, 15) is 9.59 Å². The highest BCUT2D eigenvalue weighted by Gasteiger charge is 2.36. The molecule has 1 aromatic heterocycles. The van der Waals surface area contributed by atoms with Crippen LogP contribution in [0, 0.1) is 5.92 Å². The van der Waals surface area contributed by atoms with Crippen LogP contribution in [0.25, 0.3) is 0 Å². The molecule has 1 saturated heterocycles. The summed E-state index contributed by atoms with van der Waals surface area (Å²) < 4.78 is 12.4. The lowest BCUT2D eigenvalue weighted by Crippen LogP contribution is -2.49. The Balaban J connectivity index is 1.63. The van der Waals surface area contributed by atoms with Crippen molar-refractivity contribution in [1.29, 1.82) is 0 Å². The van der Waals surface area contributed by atoms with Crippen LogP contribution < -0.4 is 15.0 Å². The zero-order chi connectivity index (χ0) is 18.3. The molecule has 4 rings (SSSR count). The standard InChI is InChI=1S/C20H22N2O4/c1-25-16-7-14(8-17(9-16)26-2)20(24)21-10-13-6-15(12-21)18-4-3-5-19(23)22(18)11-13/h3-5,7-9,13,15H,6,10-12H2,1-2H3. The van der Waals surface area contributed by atoms with Crippen LogP contribution >= 0.6 is 0 Å². The van der Waals surface area contributed by atoms with Crippen LogP contribution in [-0.2, 0) is 6.54 Å². The SMILES string of the molecule is COc1cc(OC)cc(C(=O)N2CC3CC(C2)c2cccc(=O)n2C3)c1. The van der Waals surface area contributed by atoms with E-state index in [0.29, 0.717) is 42.6 Å². The molecule has 0 saturated carbocycles. The Morgan fingerprint density at radius 1 is 1.04 bits per heavy atom. The van der Waals surface area contributed by atoms with Crippen molar-refractivity contribution in [1.82, 2.24) is 9.47 Å². The molecule has 1 amide bonds. The number of piperidine rings is 1. The lowest BCUT2D eigenvalue weighted by molar-refractivity contribution is 0.0594. The number of methoxy groups -OCH3 is 2. The van der Waals surface area contributed by atoms with Crippen molar-refractivity contribution in [2.24, 2.45) is 5.92 Å². The fraction of sp³-hybridized carbons (Fsp3) is 0.400. The first-order chi connectivity index (χ1) is 12.6. The summed E-state index contributed by atoms with van der Waals surface area (Å²) in [5.41, 5.74) is 1.65. The Kier molecular flexibility index (Phi) is 4.18. The third-order valence-electron chi connectivity index (χ3n) is 5.37. The summed E-state index contributed by atoms with van der Waals surface area (Å²) in [6.45, 7) is 1.96. The van der Waals surface area contributed by atoms with Gasteiger partial charge >= 0.3 is 0 Å². The van der Waals surface area contributed by atoms with E-state index in [4.69, 9.17) is 9.47 Å². The van der Waals surface area contributed by atoms with Crippen LogP contribution in [0.3, 0.4) is 0 Å². The minimum absolute atomic E-state index is 0.0244. The summed E-state index contributed by atoms with van der Waals surface area (Å²) in [7, 11) is 3.14. The molecule has 1 fully saturated rings. The first-order valence-corrected chi connectivity index (χ1v) is 8.81. The molecule has 0 aliphatic carbocycles. The number of benzene rings is 1. The zero-order valence-corrected chi connectivity index (χ0v) is 15.0. The van der Waals surface area contributed by atoms with Gasteiger partial charge in [-0.05, 0) is 30.5 Å². The van der Waals surface area contributed by atoms with E-state index in [2.05, 4.69) is 0 Å². The Hall–Kier alpha value is -2.76. The predicted octanol–water partition coefficient (Wildman–Crippen LogP) is 2.12. The minimum atomic E-state index is -0.0244. The number of nitrogens with zero attached hydrogens (tertiary/aromatic N) is 2. The largest absolute Gasteiger partial charge is 0.497 e. The lowest BCUT2D eigenvalue weighted by atomic mass is 9.83. The highest BCUT2D eigenvalue weighted by atomic mass is 16.5. The molecule has 0 radical (unpaired) electrons. The lowest BCUT2D eigenvalue weighted by Gasteiger charge is -2.42. The van der Waals surface area contributed by atoms with Crippen LogP contribution in [-0.4, -0.2) is 42.7 Å². The molecule has 2 aliphatic rings. The maximum atomic E-state index is 13.1. The number of carbonyl (C=O) groups excluding carboxylic acids is 1. The third-order valence-corrected chi connectivity index (χ3v) is 5.37. The summed E-state index contributed by atoms with van der Waals surface area (Å²) in [4.78, 5) is 27.1. The first kappa shape index (κ1) is 16.7. The van der Waals surface area contributed by atoms with Gasteiger partial charge in [0.05, 0.1) is 14.2 Å². The second kappa shape index (κ2) is 6.52. The molecule has 0 N–H and O–H groups in total. The Morgan fingerprint density at radius 2 is 1.77 bits per heavy atom. The van der Waals surface area contributed by atoms with E-state index >= 15 is 0 Å². The van der Waals surface area contributed by atoms with Crippen molar-refractivity contribution in [3.63, 3.8) is 0 Å². The molecule has 6 heteroatoms. The number of ether oxygens (including phenoxy) is 2. The highest BCUT2D eigenvalue weighted by molar-refractivity contribution is 5.95. The number of pyridine rings is 1. The maximum absolute atomic E-state index is 13.1. The second-order valence-corrected chi connectivity index (χ2v) is 7.01. The predicted molar refractivity (Wildman–Crippen MR) is 97.0 cm³/mol. The number of aromatic nitrogens is 1. The fourth-order valence-corrected chi connectivity index (χ4v) is 4.18. The number of fused-ring (bicyclic) bond motifs is 4. The average Bonchev–Trinajstić information content (AvgIpc) is 2.67. The number of likely N-dealkylation sites (tertiary alicyclic amines) is 1. The minimum Gasteiger partial charge on any atom is -0.497 e. The number of hydrogen-bond donors (Lipinski definition) is 0. The van der Waals surface area contributed by atoms with Crippen LogP contribution in [0.4, 0.5) is 0 Å². The number of hydrogen-bond acceptors (Lipinski definition) is 4. The molecule has 0 spiro atoms. The fourth-order valence-electron chi connectivity index (χ4n) is 4.18. The van der Waals surface area contributed by atoms with Gasteiger partial charge in [-0.2, -0.15) is 0 Å². The Labute approximate surface area is 152 Å². The van der Waals surface area contributed by atoms with Gasteiger partial charge in [0, 0.05) is 48.9 Å². The van der Waals surface area contributed by atoms with Gasteiger partial charge in [0.1, 0.15) is 11.5 Å². The van der Waals surface area contributed by atoms with Gasteiger partial charge < -0.3 is 18.9 Å². The van der Waals surface area contributed by atoms with E-state index in [1.165, 1.54) is 0 Å². The van der Waals surface area contributed by atoms with Gasteiger partial charge in [-0.3, -0.25) is 9.59 Å². The van der Waals surface area contributed by atoms with Crippen molar-refractivity contribution in [3.8, 4) is 11.5 Å². The summed E-state index contributed by atoms with van der Waals surface area (Å²) in [5, 5.41) is 0. The average molecular weight is 354 g/mol. The number of rotatable bonds is 3. The smallest absolute Gasteiger partial charge is 0.254 e. The van der Waals surface area contributed by atoms with Gasteiger partial charge in [-0.1, -0.05) is 6.07 Å². The van der Waals surface area contributed by atoms with E-state index in [1.54, 1.807) is 38.5 Å². The third kappa shape index (κ3) is 2.85. The summed E-state index contributed by atoms with van der Waals surface area (Å²) in [6.07, 6.45) is 1.02. The van der Waals surface area contributed by atoms with Crippen molar-refractivity contribution >= 4 is 5.91 Å². The molecule has 2 unspecified atom stereocenters. The van der Waals surface area contributed by atoms with Crippen molar-refractivity contribution in [3.05, 3.63) is 58.0 Å². The highest BCUT2D eigenvalue weighted by Crippen LogP contribution is 2.36. The summed E-state index contributed by atoms with van der Waals surface area (Å²) in [6, 6.07) is 10.7. The van der Waals surface area contributed by atoms with Crippen molar-refractivity contribution in [2.75, 3.05) is 27.3 Å². The summed E-state index contributed by atoms with van der Waals surface area (Å²) >= 11 is 0. The first-order valence-electron chi connectivity index (χ1n) is 8.81. The molecule has 136 valence electrons. The van der Waals surface area contributed by atoms with Gasteiger partial charge in [-0.25, -0.2) is 0 Å². The van der Waals surface area contributed by atoms with Crippen LogP contribution in [0.1, 0.15) is 28.4 Å². The van der Waals surface area contributed by atoms with Crippen LogP contribution in [0.2, 0.25) is 0 Å².